The second-order valence-electron chi connectivity index (χ2n) is 6.75. The summed E-state index contributed by atoms with van der Waals surface area (Å²) < 4.78 is 12.1. The van der Waals surface area contributed by atoms with Crippen molar-refractivity contribution in [3.8, 4) is 0 Å². The van der Waals surface area contributed by atoms with Crippen LogP contribution in [-0.4, -0.2) is 18.3 Å². The Morgan fingerprint density at radius 3 is 2.00 bits per heavy atom. The van der Waals surface area contributed by atoms with E-state index in [-0.39, 0.29) is 24.1 Å². The molecule has 1 aromatic carbocycles. The van der Waals surface area contributed by atoms with Crippen LogP contribution in [-0.2, 0) is 9.31 Å². The van der Waals surface area contributed by atoms with Crippen LogP contribution in [0.5, 0.6) is 0 Å². The first-order valence-electron chi connectivity index (χ1n) is 7.50. The lowest BCUT2D eigenvalue weighted by Crippen LogP contribution is -2.41. The molecule has 1 aromatic rings. The molecule has 0 atom stereocenters. The van der Waals surface area contributed by atoms with Gasteiger partial charge in [-0.15, -0.1) is 17.7 Å². The van der Waals surface area contributed by atoms with Gasteiger partial charge in [0.1, 0.15) is 0 Å². The van der Waals surface area contributed by atoms with E-state index in [9.17, 15) is 5.11 Å². The molecular formula is C17H21BO3-2. The molecule has 0 radical (unpaired) electrons. The minimum Gasteiger partial charge on any atom is -0.928 e. The van der Waals surface area contributed by atoms with E-state index in [1.54, 1.807) is 0 Å². The van der Waals surface area contributed by atoms with E-state index in [4.69, 9.17) is 9.31 Å². The molecule has 21 heavy (non-hydrogen) atoms. The van der Waals surface area contributed by atoms with Crippen LogP contribution in [0.4, 0.5) is 0 Å². The van der Waals surface area contributed by atoms with E-state index >= 15 is 0 Å². The molecule has 0 spiro atoms. The summed E-state index contributed by atoms with van der Waals surface area (Å²) in [4.78, 5) is 0. The molecule has 0 unspecified atom stereocenters. The predicted octanol–water partition coefficient (Wildman–Crippen LogP) is 2.06. The first kappa shape index (κ1) is 14.5. The minimum absolute atomic E-state index is 0.209. The highest BCUT2D eigenvalue weighted by atomic mass is 16.7. The Bertz CT molecular complexity index is 571. The van der Waals surface area contributed by atoms with Crippen molar-refractivity contribution in [3.05, 3.63) is 41.5 Å². The number of allylic oxidation sites excluding steroid dienone is 2. The zero-order chi connectivity index (χ0) is 15.4. The third kappa shape index (κ3) is 2.27. The average molecular weight is 284 g/mol. The van der Waals surface area contributed by atoms with Crippen LogP contribution in [0.25, 0.3) is 5.57 Å². The summed E-state index contributed by atoms with van der Waals surface area (Å²) in [5, 5.41) is 11.6. The first-order valence-corrected chi connectivity index (χ1v) is 7.50. The van der Waals surface area contributed by atoms with Gasteiger partial charge in [-0.25, -0.2) is 11.5 Å². The van der Waals surface area contributed by atoms with Crippen LogP contribution in [0.2, 0.25) is 0 Å². The molecule has 1 aliphatic carbocycles. The van der Waals surface area contributed by atoms with Gasteiger partial charge in [0.15, 0.2) is 0 Å². The van der Waals surface area contributed by atoms with Crippen molar-refractivity contribution in [1.82, 2.24) is 0 Å². The van der Waals surface area contributed by atoms with Crippen molar-refractivity contribution < 1.29 is 14.4 Å². The normalized spacial score (nSPS) is 22.9. The fourth-order valence-electron chi connectivity index (χ4n) is 2.64. The van der Waals surface area contributed by atoms with Gasteiger partial charge in [0.25, 0.3) is 0 Å². The van der Waals surface area contributed by atoms with Crippen molar-refractivity contribution in [3.63, 3.8) is 0 Å². The standard InChI is InChI=1S/C17H22BO3/c1-6-13-14(15(13)19)11-7-9-12(10-8-11)18-20-16(2,3)17(4,5)21-18/h7-10,19H,6H2,1-5H3/q-1/p-1. The Kier molecular flexibility index (Phi) is 3.15. The largest absolute Gasteiger partial charge is 0.928 e. The van der Waals surface area contributed by atoms with E-state index in [0.717, 1.165) is 28.9 Å². The topological polar surface area (TPSA) is 41.5 Å². The molecule has 1 heterocycles. The number of rotatable bonds is 3. The van der Waals surface area contributed by atoms with Crippen molar-refractivity contribution in [2.75, 3.05) is 0 Å². The van der Waals surface area contributed by atoms with Gasteiger partial charge in [-0.1, -0.05) is 25.5 Å². The van der Waals surface area contributed by atoms with Crippen LogP contribution in [0.1, 0.15) is 46.6 Å². The molecule has 1 saturated heterocycles. The molecule has 1 fully saturated rings. The lowest BCUT2D eigenvalue weighted by molar-refractivity contribution is -0.290. The van der Waals surface area contributed by atoms with Crippen LogP contribution < -0.4 is 10.6 Å². The van der Waals surface area contributed by atoms with Gasteiger partial charge in [0.05, 0.1) is 11.2 Å². The van der Waals surface area contributed by atoms with Crippen LogP contribution in [0.15, 0.2) is 30.0 Å². The molecular weight excluding hydrogens is 263 g/mol. The summed E-state index contributed by atoms with van der Waals surface area (Å²) in [6.45, 7) is 10.2. The van der Waals surface area contributed by atoms with Gasteiger partial charge in [-0.05, 0) is 33.2 Å². The summed E-state index contributed by atoms with van der Waals surface area (Å²) in [7, 11) is -0.349. The molecule has 4 heteroatoms. The molecule has 3 nitrogen and oxygen atoms in total. The summed E-state index contributed by atoms with van der Waals surface area (Å²) in [5.74, 6) is 1.17. The van der Waals surface area contributed by atoms with Crippen molar-refractivity contribution in [2.45, 2.75) is 52.2 Å². The molecule has 0 saturated carbocycles. The highest BCUT2D eigenvalue weighted by Crippen LogP contribution is 2.47. The average Bonchev–Trinajstić information content (AvgIpc) is 3.01. The number of hydrogen-bond donors (Lipinski definition) is 0. The summed E-state index contributed by atoms with van der Waals surface area (Å²) >= 11 is 0. The third-order valence-electron chi connectivity index (χ3n) is 4.82. The van der Waals surface area contributed by atoms with Gasteiger partial charge in [-0.2, -0.15) is 0 Å². The Labute approximate surface area is 127 Å². The highest BCUT2D eigenvalue weighted by Gasteiger charge is 2.51. The molecule has 1 aliphatic heterocycles. The second kappa shape index (κ2) is 4.55. The Morgan fingerprint density at radius 2 is 1.57 bits per heavy atom. The zero-order valence-electron chi connectivity index (χ0n) is 13.3. The third-order valence-corrected chi connectivity index (χ3v) is 4.82. The SMILES string of the molecule is CC[C-]1C([O-])=C1c1ccc(B2OC(C)(C)C(C)(C)O2)cc1. The fraction of sp³-hybridized carbons (Fsp3) is 0.471. The Morgan fingerprint density at radius 1 is 1.05 bits per heavy atom. The Balaban J connectivity index is 1.78. The minimum atomic E-state index is -0.349. The summed E-state index contributed by atoms with van der Waals surface area (Å²) in [6.07, 6.45) is 0.813. The number of hydrogen-bond acceptors (Lipinski definition) is 3. The van der Waals surface area contributed by atoms with Gasteiger partial charge in [0, 0.05) is 0 Å². The molecule has 112 valence electrons. The van der Waals surface area contributed by atoms with E-state index in [2.05, 4.69) is 0 Å². The van der Waals surface area contributed by atoms with Crippen molar-refractivity contribution >= 4 is 18.2 Å². The second-order valence-corrected chi connectivity index (χ2v) is 6.75. The molecule has 0 amide bonds. The first-order chi connectivity index (χ1) is 9.77. The fourth-order valence-corrected chi connectivity index (χ4v) is 2.64. The maximum Gasteiger partial charge on any atom is 0.494 e. The summed E-state index contributed by atoms with van der Waals surface area (Å²) in [5.41, 5.74) is 2.21. The molecule has 0 N–H and O–H groups in total. The molecule has 2 aliphatic rings. The monoisotopic (exact) mass is 284 g/mol. The van der Waals surface area contributed by atoms with Gasteiger partial charge in [-0.3, -0.25) is 5.76 Å². The van der Waals surface area contributed by atoms with E-state index < -0.39 is 0 Å². The Hall–Kier alpha value is -1.39. The molecule has 3 rings (SSSR count). The van der Waals surface area contributed by atoms with Crippen LogP contribution in [0.3, 0.4) is 0 Å². The highest BCUT2D eigenvalue weighted by molar-refractivity contribution is 6.62. The molecule has 0 bridgehead atoms. The smallest absolute Gasteiger partial charge is 0.494 e. The van der Waals surface area contributed by atoms with Crippen molar-refractivity contribution in [2.24, 2.45) is 0 Å². The number of benzene rings is 1. The van der Waals surface area contributed by atoms with E-state index in [1.807, 2.05) is 58.9 Å². The maximum absolute atomic E-state index is 11.6. The zero-order valence-corrected chi connectivity index (χ0v) is 13.3. The van der Waals surface area contributed by atoms with E-state index in [0.29, 0.717) is 0 Å². The lowest BCUT2D eigenvalue weighted by Gasteiger charge is -2.32. The van der Waals surface area contributed by atoms with Crippen molar-refractivity contribution in [1.29, 1.82) is 0 Å². The lowest BCUT2D eigenvalue weighted by atomic mass is 9.78. The van der Waals surface area contributed by atoms with Gasteiger partial charge < -0.3 is 14.4 Å². The van der Waals surface area contributed by atoms with Crippen LogP contribution in [0, 0.1) is 5.92 Å². The van der Waals surface area contributed by atoms with E-state index in [1.165, 1.54) is 0 Å². The van der Waals surface area contributed by atoms with Crippen LogP contribution >= 0.6 is 0 Å². The summed E-state index contributed by atoms with van der Waals surface area (Å²) in [6, 6.07) is 7.94. The maximum atomic E-state index is 11.6. The quantitative estimate of drug-likeness (QED) is 0.630. The predicted molar refractivity (Wildman–Crippen MR) is 82.6 cm³/mol. The van der Waals surface area contributed by atoms with Gasteiger partial charge in [0.2, 0.25) is 0 Å². The molecule has 0 aromatic heterocycles. The van der Waals surface area contributed by atoms with Gasteiger partial charge >= 0.3 is 7.12 Å².